The number of carbonyl (C=O) groups excluding carboxylic acids is 1. The molecular formula is C14H29N3O. The molecular weight excluding hydrogens is 226 g/mol. The highest BCUT2D eigenvalue weighted by Crippen LogP contribution is 2.11. The van der Waals surface area contributed by atoms with Crippen LogP contribution in [0.15, 0.2) is 0 Å². The van der Waals surface area contributed by atoms with Gasteiger partial charge in [0.15, 0.2) is 0 Å². The van der Waals surface area contributed by atoms with Crippen molar-refractivity contribution >= 4 is 5.91 Å². The van der Waals surface area contributed by atoms with Crippen LogP contribution in [-0.4, -0.2) is 37.1 Å². The summed E-state index contributed by atoms with van der Waals surface area (Å²) in [5, 5.41) is 9.83. The third-order valence-corrected chi connectivity index (χ3v) is 3.41. The Bertz CT molecular complexity index is 249. The number of carbonyl (C=O) groups is 1. The Morgan fingerprint density at radius 1 is 1.33 bits per heavy atom. The summed E-state index contributed by atoms with van der Waals surface area (Å²) in [5.74, 6) is 0.608. The highest BCUT2D eigenvalue weighted by molar-refractivity contribution is 5.81. The van der Waals surface area contributed by atoms with Gasteiger partial charge in [-0.3, -0.25) is 4.79 Å². The topological polar surface area (TPSA) is 53.2 Å². The number of nitrogens with one attached hydrogen (secondary N) is 3. The molecule has 3 N–H and O–H groups in total. The largest absolute Gasteiger partial charge is 0.354 e. The van der Waals surface area contributed by atoms with Gasteiger partial charge in [-0.2, -0.15) is 0 Å². The van der Waals surface area contributed by atoms with Crippen LogP contribution in [0.5, 0.6) is 0 Å². The van der Waals surface area contributed by atoms with Gasteiger partial charge in [0.25, 0.3) is 0 Å². The molecule has 0 radical (unpaired) electrons. The Morgan fingerprint density at radius 2 is 2.06 bits per heavy atom. The molecule has 18 heavy (non-hydrogen) atoms. The van der Waals surface area contributed by atoms with E-state index in [1.165, 1.54) is 12.8 Å². The smallest absolute Gasteiger partial charge is 0.236 e. The molecule has 1 aliphatic heterocycles. The molecule has 0 aliphatic carbocycles. The van der Waals surface area contributed by atoms with Crippen LogP contribution in [0.25, 0.3) is 0 Å². The van der Waals surface area contributed by atoms with Crippen molar-refractivity contribution in [3.05, 3.63) is 0 Å². The summed E-state index contributed by atoms with van der Waals surface area (Å²) in [6.45, 7) is 10.2. The third-order valence-electron chi connectivity index (χ3n) is 3.41. The van der Waals surface area contributed by atoms with Crippen LogP contribution in [-0.2, 0) is 4.79 Å². The van der Waals surface area contributed by atoms with Gasteiger partial charge in [0.2, 0.25) is 5.91 Å². The molecule has 1 fully saturated rings. The molecule has 106 valence electrons. The molecule has 0 saturated carbocycles. The first-order valence-corrected chi connectivity index (χ1v) is 7.26. The van der Waals surface area contributed by atoms with E-state index in [0.29, 0.717) is 18.0 Å². The van der Waals surface area contributed by atoms with E-state index in [-0.39, 0.29) is 11.9 Å². The van der Waals surface area contributed by atoms with Gasteiger partial charge < -0.3 is 16.0 Å². The van der Waals surface area contributed by atoms with E-state index in [1.807, 2.05) is 6.92 Å². The summed E-state index contributed by atoms with van der Waals surface area (Å²) in [7, 11) is 0. The SMILES string of the molecule is CC(C)CNC(=O)C(C)NC(C)CC1CCCN1. The molecule has 1 rings (SSSR count). The molecule has 0 bridgehead atoms. The molecule has 3 unspecified atom stereocenters. The molecule has 0 spiro atoms. The maximum atomic E-state index is 11.8. The molecule has 0 aromatic rings. The van der Waals surface area contributed by atoms with Gasteiger partial charge in [0.1, 0.15) is 0 Å². The van der Waals surface area contributed by atoms with Crippen molar-refractivity contribution in [3.63, 3.8) is 0 Å². The fourth-order valence-electron chi connectivity index (χ4n) is 2.41. The monoisotopic (exact) mass is 255 g/mol. The average molecular weight is 255 g/mol. The molecule has 1 saturated heterocycles. The van der Waals surface area contributed by atoms with Gasteiger partial charge in [-0.25, -0.2) is 0 Å². The maximum absolute atomic E-state index is 11.8. The van der Waals surface area contributed by atoms with Gasteiger partial charge in [0.05, 0.1) is 6.04 Å². The highest BCUT2D eigenvalue weighted by Gasteiger charge is 2.20. The van der Waals surface area contributed by atoms with E-state index in [4.69, 9.17) is 0 Å². The predicted molar refractivity (Wildman–Crippen MR) is 75.5 cm³/mol. The second-order valence-electron chi connectivity index (χ2n) is 5.96. The predicted octanol–water partition coefficient (Wildman–Crippen LogP) is 1.27. The van der Waals surface area contributed by atoms with E-state index in [9.17, 15) is 4.79 Å². The Kier molecular flexibility index (Phi) is 6.65. The van der Waals surface area contributed by atoms with Crippen molar-refractivity contribution in [2.75, 3.05) is 13.1 Å². The van der Waals surface area contributed by atoms with E-state index >= 15 is 0 Å². The summed E-state index contributed by atoms with van der Waals surface area (Å²) in [4.78, 5) is 11.8. The first-order valence-electron chi connectivity index (χ1n) is 7.26. The Hall–Kier alpha value is -0.610. The first kappa shape index (κ1) is 15.4. The first-order chi connectivity index (χ1) is 8.49. The van der Waals surface area contributed by atoms with E-state index in [1.54, 1.807) is 0 Å². The number of rotatable bonds is 7. The number of hydrogen-bond acceptors (Lipinski definition) is 3. The molecule has 4 nitrogen and oxygen atoms in total. The van der Waals surface area contributed by atoms with Gasteiger partial charge in [-0.15, -0.1) is 0 Å². The lowest BCUT2D eigenvalue weighted by Gasteiger charge is -2.22. The number of hydrogen-bond donors (Lipinski definition) is 3. The fraction of sp³-hybridized carbons (Fsp3) is 0.929. The van der Waals surface area contributed by atoms with Crippen LogP contribution in [0.2, 0.25) is 0 Å². The minimum atomic E-state index is -0.111. The second-order valence-corrected chi connectivity index (χ2v) is 5.96. The third kappa shape index (κ3) is 5.83. The van der Waals surface area contributed by atoms with Crippen LogP contribution >= 0.6 is 0 Å². The van der Waals surface area contributed by atoms with Crippen LogP contribution < -0.4 is 16.0 Å². The summed E-state index contributed by atoms with van der Waals surface area (Å²) in [6, 6.07) is 0.888. The van der Waals surface area contributed by atoms with E-state index in [2.05, 4.69) is 36.7 Å². The van der Waals surface area contributed by atoms with E-state index in [0.717, 1.165) is 19.5 Å². The normalized spacial score (nSPS) is 23.1. The fourth-order valence-corrected chi connectivity index (χ4v) is 2.41. The lowest BCUT2D eigenvalue weighted by molar-refractivity contribution is -0.123. The van der Waals surface area contributed by atoms with Crippen molar-refractivity contribution in [2.24, 2.45) is 5.92 Å². The molecule has 1 amide bonds. The van der Waals surface area contributed by atoms with Crippen molar-refractivity contribution < 1.29 is 4.79 Å². The number of amides is 1. The minimum Gasteiger partial charge on any atom is -0.354 e. The lowest BCUT2D eigenvalue weighted by atomic mass is 10.1. The molecule has 1 aliphatic rings. The molecule has 4 heteroatoms. The second kappa shape index (κ2) is 7.74. The van der Waals surface area contributed by atoms with Crippen LogP contribution in [0.1, 0.15) is 47.0 Å². The molecule has 0 aromatic carbocycles. The van der Waals surface area contributed by atoms with Crippen LogP contribution in [0.4, 0.5) is 0 Å². The molecule has 1 heterocycles. The summed E-state index contributed by atoms with van der Waals surface area (Å²) in [5.41, 5.74) is 0. The Labute approximate surface area is 111 Å². The zero-order valence-electron chi connectivity index (χ0n) is 12.3. The Balaban J connectivity index is 2.20. The molecule has 0 aromatic heterocycles. The zero-order valence-corrected chi connectivity index (χ0v) is 12.3. The van der Waals surface area contributed by atoms with Crippen LogP contribution in [0.3, 0.4) is 0 Å². The summed E-state index contributed by atoms with van der Waals surface area (Å²) in [6.07, 6.45) is 3.64. The summed E-state index contributed by atoms with van der Waals surface area (Å²) < 4.78 is 0. The van der Waals surface area contributed by atoms with Gasteiger partial charge in [-0.05, 0) is 45.6 Å². The van der Waals surface area contributed by atoms with Gasteiger partial charge >= 0.3 is 0 Å². The minimum absolute atomic E-state index is 0.106. The van der Waals surface area contributed by atoms with Crippen LogP contribution in [0, 0.1) is 5.92 Å². The van der Waals surface area contributed by atoms with Gasteiger partial charge in [-0.1, -0.05) is 13.8 Å². The summed E-state index contributed by atoms with van der Waals surface area (Å²) >= 11 is 0. The van der Waals surface area contributed by atoms with Gasteiger partial charge in [0, 0.05) is 18.6 Å². The Morgan fingerprint density at radius 3 is 2.61 bits per heavy atom. The average Bonchev–Trinajstić information content (AvgIpc) is 2.78. The van der Waals surface area contributed by atoms with Crippen molar-refractivity contribution in [1.82, 2.24) is 16.0 Å². The van der Waals surface area contributed by atoms with Crippen molar-refractivity contribution in [3.8, 4) is 0 Å². The van der Waals surface area contributed by atoms with E-state index < -0.39 is 0 Å². The quantitative estimate of drug-likeness (QED) is 0.642. The van der Waals surface area contributed by atoms with Crippen molar-refractivity contribution in [2.45, 2.75) is 65.1 Å². The van der Waals surface area contributed by atoms with Crippen molar-refractivity contribution in [1.29, 1.82) is 0 Å². The standard InChI is InChI=1S/C14H29N3O/c1-10(2)9-16-14(18)12(4)17-11(3)8-13-6-5-7-15-13/h10-13,15,17H,5-9H2,1-4H3,(H,16,18). The lowest BCUT2D eigenvalue weighted by Crippen LogP contribution is -2.47. The molecule has 3 atom stereocenters. The zero-order chi connectivity index (χ0) is 13.5. The highest BCUT2D eigenvalue weighted by atomic mass is 16.2. The maximum Gasteiger partial charge on any atom is 0.236 e.